The molecule has 1 atom stereocenters. The van der Waals surface area contributed by atoms with Crippen molar-refractivity contribution in [3.8, 4) is 0 Å². The highest BCUT2D eigenvalue weighted by atomic mass is 16.5. The van der Waals surface area contributed by atoms with Gasteiger partial charge in [-0.1, -0.05) is 0 Å². The van der Waals surface area contributed by atoms with E-state index < -0.39 is 0 Å². The molecule has 0 aliphatic carbocycles. The van der Waals surface area contributed by atoms with E-state index >= 15 is 0 Å². The minimum atomic E-state index is 0.0328. The fourth-order valence-corrected chi connectivity index (χ4v) is 3.17. The van der Waals surface area contributed by atoms with Gasteiger partial charge in [0.15, 0.2) is 0 Å². The summed E-state index contributed by atoms with van der Waals surface area (Å²) in [6.07, 6.45) is 5.35. The van der Waals surface area contributed by atoms with Gasteiger partial charge in [-0.15, -0.1) is 0 Å². The van der Waals surface area contributed by atoms with E-state index in [0.717, 1.165) is 45.6 Å². The SMILES string of the molecule is CC(C)(CN)N1CCN(C(=O)CCC2CCCCO2)CC1. The highest BCUT2D eigenvalue weighted by molar-refractivity contribution is 5.76. The van der Waals surface area contributed by atoms with Gasteiger partial charge in [0.05, 0.1) is 6.10 Å². The molecule has 21 heavy (non-hydrogen) atoms. The van der Waals surface area contributed by atoms with Crippen molar-refractivity contribution < 1.29 is 9.53 Å². The molecule has 2 aliphatic rings. The molecule has 2 N–H and O–H groups in total. The highest BCUT2D eigenvalue weighted by Gasteiger charge is 2.30. The van der Waals surface area contributed by atoms with Crippen LogP contribution in [0.25, 0.3) is 0 Å². The van der Waals surface area contributed by atoms with E-state index in [4.69, 9.17) is 10.5 Å². The summed E-state index contributed by atoms with van der Waals surface area (Å²) >= 11 is 0. The van der Waals surface area contributed by atoms with E-state index in [2.05, 4.69) is 18.7 Å². The van der Waals surface area contributed by atoms with Crippen molar-refractivity contribution in [2.24, 2.45) is 5.73 Å². The number of hydrogen-bond donors (Lipinski definition) is 1. The summed E-state index contributed by atoms with van der Waals surface area (Å²) in [4.78, 5) is 16.7. The number of nitrogens with two attached hydrogens (primary N) is 1. The first kappa shape index (κ1) is 16.7. The summed E-state index contributed by atoms with van der Waals surface area (Å²) in [6, 6.07) is 0. The minimum Gasteiger partial charge on any atom is -0.378 e. The van der Waals surface area contributed by atoms with E-state index in [9.17, 15) is 4.79 Å². The molecule has 1 unspecified atom stereocenters. The number of ether oxygens (including phenoxy) is 1. The molecule has 5 nitrogen and oxygen atoms in total. The lowest BCUT2D eigenvalue weighted by molar-refractivity contribution is -0.134. The second-order valence-electron chi connectivity index (χ2n) is 6.91. The molecule has 0 radical (unpaired) electrons. The van der Waals surface area contributed by atoms with Crippen molar-refractivity contribution >= 4 is 5.91 Å². The van der Waals surface area contributed by atoms with Gasteiger partial charge in [0.1, 0.15) is 0 Å². The van der Waals surface area contributed by atoms with Crippen LogP contribution in [0.15, 0.2) is 0 Å². The summed E-state index contributed by atoms with van der Waals surface area (Å²) in [7, 11) is 0. The average molecular weight is 297 g/mol. The molecule has 122 valence electrons. The Morgan fingerprint density at radius 3 is 2.52 bits per heavy atom. The number of piperazine rings is 1. The van der Waals surface area contributed by atoms with Crippen molar-refractivity contribution in [1.29, 1.82) is 0 Å². The summed E-state index contributed by atoms with van der Waals surface area (Å²) < 4.78 is 5.70. The van der Waals surface area contributed by atoms with E-state index in [-0.39, 0.29) is 11.4 Å². The van der Waals surface area contributed by atoms with Gasteiger partial charge in [-0.3, -0.25) is 9.69 Å². The predicted molar refractivity (Wildman–Crippen MR) is 84.1 cm³/mol. The Morgan fingerprint density at radius 2 is 1.95 bits per heavy atom. The van der Waals surface area contributed by atoms with Crippen LogP contribution in [-0.2, 0) is 9.53 Å². The normalized spacial score (nSPS) is 25.1. The number of amides is 1. The molecule has 0 aromatic carbocycles. The first-order valence-electron chi connectivity index (χ1n) is 8.37. The largest absolute Gasteiger partial charge is 0.378 e. The Kier molecular flexibility index (Phi) is 6.02. The van der Waals surface area contributed by atoms with Crippen LogP contribution in [0.1, 0.15) is 46.0 Å². The Bertz CT molecular complexity index is 332. The Morgan fingerprint density at radius 1 is 1.24 bits per heavy atom. The lowest BCUT2D eigenvalue weighted by atomic mass is 10.0. The summed E-state index contributed by atoms with van der Waals surface area (Å²) in [6.45, 7) is 9.37. The van der Waals surface area contributed by atoms with E-state index in [1.807, 2.05) is 4.90 Å². The first-order valence-corrected chi connectivity index (χ1v) is 8.37. The zero-order valence-corrected chi connectivity index (χ0v) is 13.6. The van der Waals surface area contributed by atoms with Gasteiger partial charge in [-0.2, -0.15) is 0 Å². The number of rotatable bonds is 5. The van der Waals surface area contributed by atoms with Crippen molar-refractivity contribution in [1.82, 2.24) is 9.80 Å². The Labute approximate surface area is 128 Å². The maximum atomic E-state index is 12.3. The van der Waals surface area contributed by atoms with E-state index in [0.29, 0.717) is 19.1 Å². The van der Waals surface area contributed by atoms with Gasteiger partial charge < -0.3 is 15.4 Å². The second kappa shape index (κ2) is 7.56. The van der Waals surface area contributed by atoms with E-state index in [1.165, 1.54) is 12.8 Å². The first-order chi connectivity index (χ1) is 10.0. The van der Waals surface area contributed by atoms with E-state index in [1.54, 1.807) is 0 Å². The topological polar surface area (TPSA) is 58.8 Å². The van der Waals surface area contributed by atoms with Crippen molar-refractivity contribution in [2.45, 2.75) is 57.6 Å². The van der Waals surface area contributed by atoms with Gasteiger partial charge in [0, 0.05) is 51.3 Å². The molecule has 0 aromatic rings. The molecule has 0 aromatic heterocycles. The molecule has 2 aliphatic heterocycles. The van der Waals surface area contributed by atoms with Gasteiger partial charge in [0.25, 0.3) is 0 Å². The minimum absolute atomic E-state index is 0.0328. The Hall–Kier alpha value is -0.650. The summed E-state index contributed by atoms with van der Waals surface area (Å²) in [5.41, 5.74) is 5.86. The van der Waals surface area contributed by atoms with Crippen LogP contribution in [0.5, 0.6) is 0 Å². The van der Waals surface area contributed by atoms with Crippen LogP contribution >= 0.6 is 0 Å². The van der Waals surface area contributed by atoms with Crippen LogP contribution in [0.2, 0.25) is 0 Å². The molecule has 2 fully saturated rings. The molecular weight excluding hydrogens is 266 g/mol. The average Bonchev–Trinajstić information content (AvgIpc) is 2.53. The zero-order chi connectivity index (χ0) is 15.3. The predicted octanol–water partition coefficient (Wildman–Crippen LogP) is 1.22. The fraction of sp³-hybridized carbons (Fsp3) is 0.938. The molecule has 0 bridgehead atoms. The molecule has 0 spiro atoms. The van der Waals surface area contributed by atoms with Crippen molar-refractivity contribution in [3.63, 3.8) is 0 Å². The third-order valence-corrected chi connectivity index (χ3v) is 4.94. The molecule has 2 heterocycles. The van der Waals surface area contributed by atoms with Crippen molar-refractivity contribution in [2.75, 3.05) is 39.3 Å². The standard InChI is InChI=1S/C16H31N3O2/c1-16(2,13-17)19-10-8-18(9-11-19)15(20)7-6-14-5-3-4-12-21-14/h14H,3-13,17H2,1-2H3. The number of carbonyl (C=O) groups is 1. The van der Waals surface area contributed by atoms with Crippen LogP contribution in [0, 0.1) is 0 Å². The number of hydrogen-bond acceptors (Lipinski definition) is 4. The maximum Gasteiger partial charge on any atom is 0.222 e. The van der Waals surface area contributed by atoms with Crippen LogP contribution in [0.4, 0.5) is 0 Å². The lowest BCUT2D eigenvalue weighted by Crippen LogP contribution is -2.58. The number of nitrogens with zero attached hydrogens (tertiary/aromatic N) is 2. The van der Waals surface area contributed by atoms with Crippen LogP contribution < -0.4 is 5.73 Å². The van der Waals surface area contributed by atoms with Gasteiger partial charge in [0.2, 0.25) is 5.91 Å². The maximum absolute atomic E-state index is 12.3. The summed E-state index contributed by atoms with van der Waals surface area (Å²) in [5.74, 6) is 0.286. The Balaban J connectivity index is 1.70. The molecular formula is C16H31N3O2. The quantitative estimate of drug-likeness (QED) is 0.829. The zero-order valence-electron chi connectivity index (χ0n) is 13.6. The third-order valence-electron chi connectivity index (χ3n) is 4.94. The van der Waals surface area contributed by atoms with Gasteiger partial charge >= 0.3 is 0 Å². The molecule has 5 heteroatoms. The van der Waals surface area contributed by atoms with Crippen LogP contribution in [0.3, 0.4) is 0 Å². The highest BCUT2D eigenvalue weighted by Crippen LogP contribution is 2.19. The smallest absolute Gasteiger partial charge is 0.222 e. The van der Waals surface area contributed by atoms with Gasteiger partial charge in [-0.25, -0.2) is 0 Å². The molecule has 1 amide bonds. The summed E-state index contributed by atoms with van der Waals surface area (Å²) in [5, 5.41) is 0. The fourth-order valence-electron chi connectivity index (χ4n) is 3.17. The van der Waals surface area contributed by atoms with Gasteiger partial charge in [-0.05, 0) is 39.5 Å². The molecule has 2 saturated heterocycles. The third kappa shape index (κ3) is 4.66. The monoisotopic (exact) mass is 297 g/mol. The van der Waals surface area contributed by atoms with Crippen LogP contribution in [-0.4, -0.2) is 66.7 Å². The number of carbonyl (C=O) groups excluding carboxylic acids is 1. The van der Waals surface area contributed by atoms with Crippen molar-refractivity contribution in [3.05, 3.63) is 0 Å². The second-order valence-corrected chi connectivity index (χ2v) is 6.91. The molecule has 0 saturated carbocycles. The molecule has 2 rings (SSSR count). The lowest BCUT2D eigenvalue weighted by Gasteiger charge is -2.43.